The Kier molecular flexibility index (Phi) is 3.45. The molecule has 0 aliphatic carbocycles. The number of aromatic amines is 1. The highest BCUT2D eigenvalue weighted by atomic mass is 32.2. The van der Waals surface area contributed by atoms with Crippen molar-refractivity contribution >= 4 is 10.0 Å². The predicted octanol–water partition coefficient (Wildman–Crippen LogP) is -1.57. The Morgan fingerprint density at radius 2 is 2.13 bits per heavy atom. The lowest BCUT2D eigenvalue weighted by molar-refractivity contribution is 0.121. The van der Waals surface area contributed by atoms with E-state index in [9.17, 15) is 8.42 Å². The number of aromatic nitrogens is 2. The number of hydrogen-bond acceptors (Lipinski definition) is 5. The summed E-state index contributed by atoms with van der Waals surface area (Å²) < 4.78 is 25.4. The van der Waals surface area contributed by atoms with Crippen LogP contribution in [-0.2, 0) is 10.0 Å². The van der Waals surface area contributed by atoms with Gasteiger partial charge in [-0.25, -0.2) is 8.42 Å². The van der Waals surface area contributed by atoms with Crippen LogP contribution >= 0.6 is 0 Å². The van der Waals surface area contributed by atoms with Crippen molar-refractivity contribution < 1.29 is 18.6 Å². The largest absolute Gasteiger partial charge is 0.394 e. The van der Waals surface area contributed by atoms with E-state index in [0.717, 1.165) is 0 Å². The lowest BCUT2D eigenvalue weighted by Crippen LogP contribution is -2.51. The van der Waals surface area contributed by atoms with Gasteiger partial charge in [-0.15, -0.1) is 0 Å². The first-order valence-corrected chi connectivity index (χ1v) is 5.67. The van der Waals surface area contributed by atoms with Crippen molar-refractivity contribution in [3.63, 3.8) is 0 Å². The lowest BCUT2D eigenvalue weighted by Gasteiger charge is -2.25. The summed E-state index contributed by atoms with van der Waals surface area (Å²) in [4.78, 5) is 0. The molecule has 0 saturated carbocycles. The summed E-state index contributed by atoms with van der Waals surface area (Å²) in [6.45, 7) is 0.384. The maximum atomic E-state index is 11.6. The van der Waals surface area contributed by atoms with Gasteiger partial charge in [-0.05, 0) is 13.0 Å². The fraction of sp³-hybridized carbons (Fsp3) is 0.571. The molecule has 0 atom stereocenters. The minimum atomic E-state index is -3.79. The fourth-order valence-corrected chi connectivity index (χ4v) is 2.19. The molecule has 0 spiro atoms. The van der Waals surface area contributed by atoms with Gasteiger partial charge in [0.05, 0.1) is 24.9 Å². The number of aliphatic hydroxyl groups is 2. The van der Waals surface area contributed by atoms with Gasteiger partial charge < -0.3 is 10.2 Å². The zero-order chi connectivity index (χ0) is 11.5. The van der Waals surface area contributed by atoms with Crippen molar-refractivity contribution in [1.29, 1.82) is 0 Å². The molecule has 0 unspecified atom stereocenters. The highest BCUT2D eigenvalue weighted by Gasteiger charge is 2.30. The Balaban J connectivity index is 2.91. The molecule has 1 aromatic heterocycles. The van der Waals surface area contributed by atoms with Gasteiger partial charge in [0.1, 0.15) is 0 Å². The number of H-pyrrole nitrogens is 1. The van der Waals surface area contributed by atoms with Crippen LogP contribution in [0.1, 0.15) is 6.92 Å². The molecule has 0 saturated heterocycles. The molecule has 86 valence electrons. The summed E-state index contributed by atoms with van der Waals surface area (Å²) in [5.74, 6) is 0. The third-order valence-corrected chi connectivity index (χ3v) is 3.41. The molecule has 8 heteroatoms. The van der Waals surface area contributed by atoms with Crippen molar-refractivity contribution in [3.05, 3.63) is 12.3 Å². The van der Waals surface area contributed by atoms with Crippen LogP contribution in [0.2, 0.25) is 0 Å². The van der Waals surface area contributed by atoms with Crippen molar-refractivity contribution in [2.24, 2.45) is 0 Å². The molecule has 4 N–H and O–H groups in total. The Labute approximate surface area is 87.2 Å². The van der Waals surface area contributed by atoms with Gasteiger partial charge in [-0.3, -0.25) is 5.10 Å². The summed E-state index contributed by atoms with van der Waals surface area (Å²) in [7, 11) is -3.79. The third-order valence-electron chi connectivity index (χ3n) is 1.84. The fourth-order valence-electron chi connectivity index (χ4n) is 0.887. The van der Waals surface area contributed by atoms with Crippen LogP contribution < -0.4 is 4.72 Å². The molecule has 0 amide bonds. The molecule has 0 radical (unpaired) electrons. The predicted molar refractivity (Wildman–Crippen MR) is 51.5 cm³/mol. The monoisotopic (exact) mass is 235 g/mol. The van der Waals surface area contributed by atoms with Crippen LogP contribution in [0.25, 0.3) is 0 Å². The number of nitrogens with one attached hydrogen (secondary N) is 2. The van der Waals surface area contributed by atoms with Crippen molar-refractivity contribution in [2.75, 3.05) is 13.2 Å². The van der Waals surface area contributed by atoms with Gasteiger partial charge in [0.15, 0.2) is 5.03 Å². The second-order valence-electron chi connectivity index (χ2n) is 3.40. The normalized spacial score (nSPS) is 13.0. The quantitative estimate of drug-likeness (QED) is 0.492. The van der Waals surface area contributed by atoms with Gasteiger partial charge in [0, 0.05) is 0 Å². The third kappa shape index (κ3) is 2.75. The maximum absolute atomic E-state index is 11.6. The Hall–Kier alpha value is -0.960. The van der Waals surface area contributed by atoms with E-state index >= 15 is 0 Å². The second-order valence-corrected chi connectivity index (χ2v) is 5.05. The van der Waals surface area contributed by atoms with Crippen molar-refractivity contribution in [3.8, 4) is 0 Å². The van der Waals surface area contributed by atoms with Gasteiger partial charge in [0.2, 0.25) is 0 Å². The number of hydrogen-bond donors (Lipinski definition) is 4. The van der Waals surface area contributed by atoms with Crippen LogP contribution in [0.3, 0.4) is 0 Å². The molecule has 1 rings (SSSR count). The number of sulfonamides is 1. The molecule has 1 aromatic rings. The summed E-state index contributed by atoms with van der Waals surface area (Å²) in [6.07, 6.45) is 1.30. The molecular weight excluding hydrogens is 222 g/mol. The van der Waals surface area contributed by atoms with E-state index in [1.807, 2.05) is 0 Å². The van der Waals surface area contributed by atoms with Crippen LogP contribution in [0.5, 0.6) is 0 Å². The molecule has 0 aliphatic heterocycles. The summed E-state index contributed by atoms with van der Waals surface area (Å²) in [5.41, 5.74) is -1.29. The second kappa shape index (κ2) is 4.27. The standard InChI is InChI=1S/C7H13N3O4S/c1-7(4-11,5-12)10-15(13,14)6-2-3-8-9-6/h2-3,10-12H,4-5H2,1H3,(H,8,9). The van der Waals surface area contributed by atoms with Gasteiger partial charge in [-0.1, -0.05) is 0 Å². The Bertz CT molecular complexity index is 396. The first-order chi connectivity index (χ1) is 6.93. The molecule has 0 aromatic carbocycles. The van der Waals surface area contributed by atoms with Gasteiger partial charge >= 0.3 is 0 Å². The first-order valence-electron chi connectivity index (χ1n) is 4.18. The SMILES string of the molecule is CC(CO)(CO)NS(=O)(=O)c1ccn[nH]1. The molecular formula is C7H13N3O4S. The van der Waals surface area contributed by atoms with Crippen molar-refractivity contribution in [1.82, 2.24) is 14.9 Å². The van der Waals surface area contributed by atoms with E-state index in [1.165, 1.54) is 19.2 Å². The highest BCUT2D eigenvalue weighted by molar-refractivity contribution is 7.89. The topological polar surface area (TPSA) is 115 Å². The average molecular weight is 235 g/mol. The average Bonchev–Trinajstić information content (AvgIpc) is 2.70. The van der Waals surface area contributed by atoms with Crippen LogP contribution in [0.4, 0.5) is 0 Å². The number of rotatable bonds is 5. The van der Waals surface area contributed by atoms with E-state index < -0.39 is 28.8 Å². The molecule has 15 heavy (non-hydrogen) atoms. The van der Waals surface area contributed by atoms with Gasteiger partial charge in [-0.2, -0.15) is 9.82 Å². The van der Waals surface area contributed by atoms with Crippen molar-refractivity contribution in [2.45, 2.75) is 17.5 Å². The van der Waals surface area contributed by atoms with Crippen LogP contribution in [0.15, 0.2) is 17.3 Å². The molecule has 0 aliphatic rings. The van der Waals surface area contributed by atoms with Crippen LogP contribution in [-0.4, -0.2) is 47.6 Å². The van der Waals surface area contributed by atoms with E-state index in [1.54, 1.807) is 0 Å². The smallest absolute Gasteiger partial charge is 0.258 e. The van der Waals surface area contributed by atoms with E-state index in [4.69, 9.17) is 10.2 Å². The van der Waals surface area contributed by atoms with Gasteiger partial charge in [0.25, 0.3) is 10.0 Å². The highest BCUT2D eigenvalue weighted by Crippen LogP contribution is 2.09. The first kappa shape index (κ1) is 12.1. The molecule has 0 bridgehead atoms. The van der Waals surface area contributed by atoms with E-state index in [-0.39, 0.29) is 5.03 Å². The van der Waals surface area contributed by atoms with E-state index in [0.29, 0.717) is 0 Å². The maximum Gasteiger partial charge on any atom is 0.258 e. The number of nitrogens with zero attached hydrogens (tertiary/aromatic N) is 1. The molecule has 0 fully saturated rings. The Morgan fingerprint density at radius 3 is 2.53 bits per heavy atom. The minimum Gasteiger partial charge on any atom is -0.394 e. The van der Waals surface area contributed by atoms with E-state index in [2.05, 4.69) is 14.9 Å². The number of aliphatic hydroxyl groups excluding tert-OH is 2. The lowest BCUT2D eigenvalue weighted by atomic mass is 10.1. The Morgan fingerprint density at radius 1 is 1.53 bits per heavy atom. The molecule has 7 nitrogen and oxygen atoms in total. The molecule has 1 heterocycles. The van der Waals surface area contributed by atoms with Crippen LogP contribution in [0, 0.1) is 0 Å². The summed E-state index contributed by atoms with van der Waals surface area (Å²) in [5, 5.41) is 23.5. The zero-order valence-corrected chi connectivity index (χ0v) is 8.95. The zero-order valence-electron chi connectivity index (χ0n) is 8.14. The minimum absolute atomic E-state index is 0.115. The summed E-state index contributed by atoms with van der Waals surface area (Å²) in [6, 6.07) is 1.28. The summed E-state index contributed by atoms with van der Waals surface area (Å²) >= 11 is 0.